The van der Waals surface area contributed by atoms with E-state index in [0.29, 0.717) is 10.6 Å². The van der Waals surface area contributed by atoms with Gasteiger partial charge in [0.15, 0.2) is 16.5 Å². The Kier molecular flexibility index (Phi) is 7.10. The zero-order chi connectivity index (χ0) is 27.8. The number of oxime groups is 1. The third kappa shape index (κ3) is 4.86. The van der Waals surface area contributed by atoms with Crippen molar-refractivity contribution in [3.05, 3.63) is 40.4 Å². The van der Waals surface area contributed by atoms with Gasteiger partial charge in [0.1, 0.15) is 41.3 Å². The lowest BCUT2D eigenvalue weighted by atomic mass is 10.0. The Morgan fingerprint density at radius 3 is 2.74 bits per heavy atom. The number of anilines is 1. The number of rotatable bonds is 9. The number of carboxylic acid groups (broad SMARTS) is 2. The number of aromatic nitrogens is 5. The van der Waals surface area contributed by atoms with Gasteiger partial charge in [0, 0.05) is 23.0 Å². The molecule has 1 saturated heterocycles. The van der Waals surface area contributed by atoms with Gasteiger partial charge >= 0.3 is 11.9 Å². The molecule has 0 unspecified atom stereocenters. The molecule has 0 aromatic carbocycles. The van der Waals surface area contributed by atoms with E-state index in [0.717, 1.165) is 28.0 Å². The summed E-state index contributed by atoms with van der Waals surface area (Å²) in [6, 6.07) is 0.307. The summed E-state index contributed by atoms with van der Waals surface area (Å²) in [5, 5.41) is 31.1. The molecular formula is C20H17N9O7S3. The summed E-state index contributed by atoms with van der Waals surface area (Å²) in [5.74, 6) is -3.45. The van der Waals surface area contributed by atoms with E-state index in [-0.39, 0.29) is 45.2 Å². The molecule has 16 nitrogen and oxygen atoms in total. The van der Waals surface area contributed by atoms with Gasteiger partial charge in [-0.25, -0.2) is 19.6 Å². The second-order valence-electron chi connectivity index (χ2n) is 7.86. The molecule has 3 aromatic rings. The number of hydrogen-bond donors (Lipinski definition) is 4. The molecule has 0 saturated carbocycles. The fraction of sp³-hybridized carbons (Fsp3) is 0.250. The van der Waals surface area contributed by atoms with Crippen molar-refractivity contribution in [2.75, 3.05) is 24.3 Å². The first-order chi connectivity index (χ1) is 18.7. The Morgan fingerprint density at radius 1 is 1.28 bits per heavy atom. The number of nitrogens with zero attached hydrogens (tertiary/aromatic N) is 7. The number of β-lactam (4-membered cyclic amide) rings is 1. The fourth-order valence-corrected chi connectivity index (χ4v) is 6.88. The highest BCUT2D eigenvalue weighted by molar-refractivity contribution is 8.01. The number of nitrogens with one attached hydrogen (secondary N) is 1. The molecule has 0 aliphatic carbocycles. The summed E-state index contributed by atoms with van der Waals surface area (Å²) in [5.41, 5.74) is 5.64. The summed E-state index contributed by atoms with van der Waals surface area (Å²) in [6.07, 6.45) is 1.22. The van der Waals surface area contributed by atoms with Gasteiger partial charge in [-0.15, -0.1) is 34.9 Å². The predicted molar refractivity (Wildman–Crippen MR) is 138 cm³/mol. The summed E-state index contributed by atoms with van der Waals surface area (Å²) in [4.78, 5) is 67.3. The van der Waals surface area contributed by atoms with Gasteiger partial charge in [0.2, 0.25) is 0 Å². The maximum atomic E-state index is 13.0. The Balaban J connectivity index is 1.34. The molecule has 2 aliphatic heterocycles. The highest BCUT2D eigenvalue weighted by Gasteiger charge is 2.54. The SMILES string of the molecule is CON=C(C(=O)N[C@@H]1C(=O)N2C(C(=O)O)=C(CSc3cc(C(=O)O)nc4ncnn34)CS[C@H]12)c1csc(N)n1. The molecular weight excluding hydrogens is 574 g/mol. The molecule has 5 rings (SSSR count). The molecule has 19 heteroatoms. The van der Waals surface area contributed by atoms with Crippen molar-refractivity contribution < 1.29 is 34.2 Å². The van der Waals surface area contributed by atoms with Crippen LogP contribution in [-0.2, 0) is 19.2 Å². The smallest absolute Gasteiger partial charge is 0.354 e. The lowest BCUT2D eigenvalue weighted by Gasteiger charge is -2.49. The van der Waals surface area contributed by atoms with Gasteiger partial charge in [-0.1, -0.05) is 5.16 Å². The summed E-state index contributed by atoms with van der Waals surface area (Å²) in [7, 11) is 1.25. The second kappa shape index (κ2) is 10.5. The number of thioether (sulfide) groups is 2. The number of nitrogen functional groups attached to an aromatic ring is 1. The van der Waals surface area contributed by atoms with Crippen molar-refractivity contribution in [3.63, 3.8) is 0 Å². The number of aromatic carboxylic acids is 1. The average Bonchev–Trinajstić information content (AvgIpc) is 3.56. The number of nitrogens with two attached hydrogens (primary N) is 1. The number of aliphatic carboxylic acids is 1. The molecule has 5 N–H and O–H groups in total. The van der Waals surface area contributed by atoms with Crippen molar-refractivity contribution in [1.29, 1.82) is 0 Å². The van der Waals surface area contributed by atoms with Crippen LogP contribution in [-0.4, -0.2) is 99.2 Å². The highest BCUT2D eigenvalue weighted by Crippen LogP contribution is 2.41. The second-order valence-corrected chi connectivity index (χ2v) is 10.8. The molecule has 0 radical (unpaired) electrons. The Labute approximate surface area is 230 Å². The van der Waals surface area contributed by atoms with E-state index in [1.54, 1.807) is 0 Å². The Morgan fingerprint density at radius 2 is 2.08 bits per heavy atom. The zero-order valence-electron chi connectivity index (χ0n) is 19.7. The van der Waals surface area contributed by atoms with E-state index >= 15 is 0 Å². The summed E-state index contributed by atoms with van der Waals surface area (Å²) in [6.45, 7) is 0. The van der Waals surface area contributed by atoms with Crippen LogP contribution in [0, 0.1) is 0 Å². The van der Waals surface area contributed by atoms with Crippen LogP contribution in [0.1, 0.15) is 16.2 Å². The minimum absolute atomic E-state index is 0.0798. The maximum Gasteiger partial charge on any atom is 0.354 e. The summed E-state index contributed by atoms with van der Waals surface area (Å²) >= 11 is 3.51. The van der Waals surface area contributed by atoms with Gasteiger partial charge in [-0.2, -0.15) is 14.6 Å². The van der Waals surface area contributed by atoms with Gasteiger partial charge in [0.05, 0.1) is 0 Å². The monoisotopic (exact) mass is 591 g/mol. The molecule has 2 atom stereocenters. The van der Waals surface area contributed by atoms with Crippen LogP contribution in [0.5, 0.6) is 0 Å². The van der Waals surface area contributed by atoms with E-state index in [1.165, 1.54) is 41.2 Å². The van der Waals surface area contributed by atoms with Crippen molar-refractivity contribution >= 4 is 75.2 Å². The van der Waals surface area contributed by atoms with E-state index in [4.69, 9.17) is 10.6 Å². The molecule has 0 spiro atoms. The van der Waals surface area contributed by atoms with E-state index in [9.17, 15) is 29.4 Å². The third-order valence-electron chi connectivity index (χ3n) is 5.53. The third-order valence-corrected chi connectivity index (χ3v) is 8.62. The number of carbonyl (C=O) groups excluding carboxylic acids is 2. The Hall–Kier alpha value is -4.23. The first kappa shape index (κ1) is 26.4. The van der Waals surface area contributed by atoms with Gasteiger partial charge in [-0.05, 0) is 5.57 Å². The molecule has 39 heavy (non-hydrogen) atoms. The first-order valence-electron chi connectivity index (χ1n) is 10.8. The van der Waals surface area contributed by atoms with Crippen LogP contribution in [0.4, 0.5) is 5.13 Å². The number of fused-ring (bicyclic) bond motifs is 2. The van der Waals surface area contributed by atoms with Crippen LogP contribution < -0.4 is 11.1 Å². The highest BCUT2D eigenvalue weighted by atomic mass is 32.2. The number of hydrogen-bond acceptors (Lipinski definition) is 14. The topological polar surface area (TPSA) is 228 Å². The molecule has 5 heterocycles. The normalized spacial score (nSPS) is 19.1. The van der Waals surface area contributed by atoms with E-state index in [2.05, 4.69) is 30.5 Å². The molecule has 1 fully saturated rings. The van der Waals surface area contributed by atoms with Crippen LogP contribution in [0.2, 0.25) is 0 Å². The van der Waals surface area contributed by atoms with E-state index < -0.39 is 35.2 Å². The van der Waals surface area contributed by atoms with Crippen molar-refractivity contribution in [1.82, 2.24) is 34.8 Å². The molecule has 202 valence electrons. The quantitative estimate of drug-likeness (QED) is 0.0827. The van der Waals surface area contributed by atoms with Gasteiger partial charge in [-0.3, -0.25) is 14.5 Å². The lowest BCUT2D eigenvalue weighted by Crippen LogP contribution is -2.71. The minimum Gasteiger partial charge on any atom is -0.477 e. The number of carbonyl (C=O) groups is 4. The van der Waals surface area contributed by atoms with Crippen molar-refractivity contribution in [3.8, 4) is 0 Å². The van der Waals surface area contributed by atoms with Gasteiger partial charge < -0.3 is 26.1 Å². The predicted octanol–water partition coefficient (Wildman–Crippen LogP) is -0.257. The maximum absolute atomic E-state index is 13.0. The van der Waals surface area contributed by atoms with Crippen LogP contribution >= 0.6 is 34.9 Å². The zero-order valence-corrected chi connectivity index (χ0v) is 22.1. The van der Waals surface area contributed by atoms with Crippen molar-refractivity contribution in [2.45, 2.75) is 16.4 Å². The Bertz CT molecular complexity index is 1580. The van der Waals surface area contributed by atoms with Crippen LogP contribution in [0.3, 0.4) is 0 Å². The van der Waals surface area contributed by atoms with Gasteiger partial charge in [0.25, 0.3) is 17.6 Å². The molecule has 3 aromatic heterocycles. The number of carboxylic acids is 2. The molecule has 2 amide bonds. The molecule has 0 bridgehead atoms. The number of amides is 2. The average molecular weight is 592 g/mol. The largest absolute Gasteiger partial charge is 0.477 e. The fourth-order valence-electron chi connectivity index (χ4n) is 3.85. The van der Waals surface area contributed by atoms with E-state index in [1.807, 2.05) is 0 Å². The number of thiazole rings is 1. The van der Waals surface area contributed by atoms with Crippen LogP contribution in [0.15, 0.2) is 39.2 Å². The van der Waals surface area contributed by atoms with Crippen LogP contribution in [0.25, 0.3) is 5.78 Å². The lowest BCUT2D eigenvalue weighted by molar-refractivity contribution is -0.150. The first-order valence-corrected chi connectivity index (χ1v) is 13.7. The molecule has 2 aliphatic rings. The summed E-state index contributed by atoms with van der Waals surface area (Å²) < 4.78 is 1.34. The minimum atomic E-state index is -1.31. The van der Waals surface area contributed by atoms with Crippen molar-refractivity contribution in [2.24, 2.45) is 5.16 Å². The standard InChI is InChI=1S/C20H17N9O7S3/c1-36-27-11(9-5-39-19(21)24-9)14(30)26-12-15(31)28-13(18(34)35)7(4-38-16(12)28)3-37-10-2-8(17(32)33)25-20-22-6-23-29(10)20/h2,5-6,12,16H,3-4H2,1H3,(H2,21,24)(H,26,30)(H,32,33)(H,34,35)/t12-,16-/m1/s1.